The summed E-state index contributed by atoms with van der Waals surface area (Å²) in [6.45, 7) is 2.11. The van der Waals surface area contributed by atoms with Gasteiger partial charge < -0.3 is 5.11 Å². The van der Waals surface area contributed by atoms with Crippen molar-refractivity contribution < 1.29 is 5.11 Å². The lowest BCUT2D eigenvalue weighted by Crippen LogP contribution is -1.92. The summed E-state index contributed by atoms with van der Waals surface area (Å²) in [5.74, 6) is 1.65. The Morgan fingerprint density at radius 3 is 3.11 bits per heavy atom. The molecule has 0 amide bonds. The van der Waals surface area contributed by atoms with E-state index < -0.39 is 0 Å². The minimum atomic E-state index is 0.185. The third-order valence-electron chi connectivity index (χ3n) is 2.21. The lowest BCUT2D eigenvalue weighted by molar-refractivity contribution is 0.474. The first kappa shape index (κ1) is 13.4. The van der Waals surface area contributed by atoms with Crippen molar-refractivity contribution in [2.24, 2.45) is 5.10 Å². The van der Waals surface area contributed by atoms with E-state index >= 15 is 0 Å². The number of aromatic hydroxyl groups is 1. The van der Waals surface area contributed by atoms with Crippen LogP contribution in [0.4, 0.5) is 5.95 Å². The minimum absolute atomic E-state index is 0.185. The Kier molecular flexibility index (Phi) is 4.79. The number of thioether (sulfide) groups is 1. The summed E-state index contributed by atoms with van der Waals surface area (Å²) in [7, 11) is 0. The molecule has 19 heavy (non-hydrogen) atoms. The molecule has 1 aromatic carbocycles. The van der Waals surface area contributed by atoms with Crippen molar-refractivity contribution in [3.63, 3.8) is 0 Å². The van der Waals surface area contributed by atoms with Gasteiger partial charge in [-0.25, -0.2) is 10.5 Å². The monoisotopic (exact) mass is 277 g/mol. The van der Waals surface area contributed by atoms with Crippen LogP contribution in [-0.4, -0.2) is 32.3 Å². The molecule has 0 radical (unpaired) electrons. The summed E-state index contributed by atoms with van der Waals surface area (Å²) in [5.41, 5.74) is 3.37. The van der Waals surface area contributed by atoms with Gasteiger partial charge in [0.15, 0.2) is 0 Å². The summed E-state index contributed by atoms with van der Waals surface area (Å²) in [6, 6.07) is 6.96. The number of anilines is 1. The van der Waals surface area contributed by atoms with Gasteiger partial charge in [-0.2, -0.15) is 10.1 Å². The highest BCUT2D eigenvalue weighted by Crippen LogP contribution is 2.15. The molecule has 0 aliphatic rings. The largest absolute Gasteiger partial charge is 0.507 e. The molecule has 1 heterocycles. The molecule has 2 aromatic rings. The maximum atomic E-state index is 9.55. The van der Waals surface area contributed by atoms with E-state index in [2.05, 4.69) is 32.6 Å². The number of hydrazone groups is 1. The second-order valence-corrected chi connectivity index (χ2v) is 4.81. The molecule has 100 valence electrons. The first-order valence-corrected chi connectivity index (χ1v) is 6.90. The van der Waals surface area contributed by atoms with Crippen molar-refractivity contribution in [2.45, 2.75) is 18.5 Å². The molecule has 6 nitrogen and oxygen atoms in total. The third kappa shape index (κ3) is 3.99. The first-order chi connectivity index (χ1) is 9.29. The van der Waals surface area contributed by atoms with Gasteiger partial charge in [-0.3, -0.25) is 0 Å². The number of phenolic OH excluding ortho intramolecular Hbond substituents is 1. The lowest BCUT2D eigenvalue weighted by atomic mass is 10.2. The molecule has 0 unspecified atom stereocenters. The normalized spacial score (nSPS) is 11.0. The van der Waals surface area contributed by atoms with Gasteiger partial charge in [0.1, 0.15) is 5.75 Å². The Hall–Kier alpha value is -2.02. The van der Waals surface area contributed by atoms with Gasteiger partial charge >= 0.3 is 0 Å². The van der Waals surface area contributed by atoms with Gasteiger partial charge in [-0.1, -0.05) is 30.8 Å². The smallest absolute Gasteiger partial charge is 0.240 e. The third-order valence-corrected chi connectivity index (χ3v) is 3.26. The van der Waals surface area contributed by atoms with E-state index in [1.54, 1.807) is 30.0 Å². The van der Waals surface area contributed by atoms with Crippen LogP contribution in [0.2, 0.25) is 0 Å². The van der Waals surface area contributed by atoms with E-state index in [9.17, 15) is 5.11 Å². The number of nitrogens with zero attached hydrogens (tertiary/aromatic N) is 3. The van der Waals surface area contributed by atoms with E-state index in [0.29, 0.717) is 16.7 Å². The Labute approximate surface area is 115 Å². The Morgan fingerprint density at radius 1 is 1.47 bits per heavy atom. The average Bonchev–Trinajstić information content (AvgIpc) is 2.86. The molecule has 3 N–H and O–H groups in total. The molecule has 0 aliphatic carbocycles. The maximum Gasteiger partial charge on any atom is 0.240 e. The molecule has 2 rings (SSSR count). The molecular formula is C12H15N5OS. The highest BCUT2D eigenvalue weighted by Gasteiger charge is 2.01. The number of aromatic amines is 1. The predicted molar refractivity (Wildman–Crippen MR) is 76.7 cm³/mol. The number of hydrogen-bond acceptors (Lipinski definition) is 6. The predicted octanol–water partition coefficient (Wildman–Crippen LogP) is 2.46. The standard InChI is InChI=1S/C12H15N5OS/c1-2-7-19-12-14-11(16-17-12)15-13-8-9-5-3-4-6-10(9)18/h3-6,8,18H,2,7H2,1H3,(H2,14,15,16,17)/b13-8+. The number of benzene rings is 1. The van der Waals surface area contributed by atoms with Crippen LogP contribution in [0.25, 0.3) is 0 Å². The van der Waals surface area contributed by atoms with E-state index in [1.165, 1.54) is 6.21 Å². The second kappa shape index (κ2) is 6.79. The number of H-pyrrole nitrogens is 1. The van der Waals surface area contributed by atoms with Gasteiger partial charge in [-0.05, 0) is 18.6 Å². The van der Waals surface area contributed by atoms with Crippen LogP contribution >= 0.6 is 11.8 Å². The molecule has 0 fully saturated rings. The summed E-state index contributed by atoms with van der Waals surface area (Å²) < 4.78 is 0. The van der Waals surface area contributed by atoms with Crippen LogP contribution in [-0.2, 0) is 0 Å². The van der Waals surface area contributed by atoms with Gasteiger partial charge in [0.05, 0.1) is 6.21 Å². The van der Waals surface area contributed by atoms with Crippen LogP contribution in [0.3, 0.4) is 0 Å². The molecule has 1 aromatic heterocycles. The minimum Gasteiger partial charge on any atom is -0.507 e. The summed E-state index contributed by atoms with van der Waals surface area (Å²) in [5, 5.41) is 21.0. The van der Waals surface area contributed by atoms with E-state index in [-0.39, 0.29) is 5.75 Å². The maximum absolute atomic E-state index is 9.55. The van der Waals surface area contributed by atoms with Crippen LogP contribution in [0.5, 0.6) is 5.75 Å². The fourth-order valence-electron chi connectivity index (χ4n) is 1.31. The van der Waals surface area contributed by atoms with E-state index in [4.69, 9.17) is 0 Å². The van der Waals surface area contributed by atoms with Crippen LogP contribution in [0, 0.1) is 0 Å². The summed E-state index contributed by atoms with van der Waals surface area (Å²) in [6.07, 6.45) is 2.60. The number of para-hydroxylation sites is 1. The Balaban J connectivity index is 1.91. The number of nitrogens with one attached hydrogen (secondary N) is 2. The van der Waals surface area contributed by atoms with Gasteiger partial charge in [-0.15, -0.1) is 5.10 Å². The molecule has 0 saturated heterocycles. The van der Waals surface area contributed by atoms with Crippen molar-refractivity contribution in [3.05, 3.63) is 29.8 Å². The van der Waals surface area contributed by atoms with Crippen molar-refractivity contribution in [3.8, 4) is 5.75 Å². The number of hydrogen-bond donors (Lipinski definition) is 3. The van der Waals surface area contributed by atoms with Crippen LogP contribution in [0.15, 0.2) is 34.5 Å². The zero-order valence-corrected chi connectivity index (χ0v) is 11.3. The molecule has 7 heteroatoms. The van der Waals surface area contributed by atoms with Crippen molar-refractivity contribution >= 4 is 23.9 Å². The molecule has 0 spiro atoms. The zero-order chi connectivity index (χ0) is 13.5. The van der Waals surface area contributed by atoms with Crippen molar-refractivity contribution in [1.82, 2.24) is 15.2 Å². The lowest BCUT2D eigenvalue weighted by Gasteiger charge is -1.96. The van der Waals surface area contributed by atoms with Crippen molar-refractivity contribution in [1.29, 1.82) is 0 Å². The highest BCUT2D eigenvalue weighted by molar-refractivity contribution is 7.99. The van der Waals surface area contributed by atoms with Crippen LogP contribution in [0.1, 0.15) is 18.9 Å². The average molecular weight is 277 g/mol. The van der Waals surface area contributed by atoms with Gasteiger partial charge in [0.2, 0.25) is 11.1 Å². The Morgan fingerprint density at radius 2 is 2.32 bits per heavy atom. The molecule has 0 atom stereocenters. The molecule has 0 saturated carbocycles. The van der Waals surface area contributed by atoms with E-state index in [0.717, 1.165) is 12.2 Å². The molecular weight excluding hydrogens is 262 g/mol. The SMILES string of the molecule is CCCSc1n[nH]c(N/N=C/c2ccccc2O)n1. The summed E-state index contributed by atoms with van der Waals surface area (Å²) in [4.78, 5) is 4.21. The first-order valence-electron chi connectivity index (χ1n) is 5.92. The Bertz CT molecular complexity index is 555. The fourth-order valence-corrected chi connectivity index (χ4v) is 1.97. The molecule has 0 bridgehead atoms. The summed E-state index contributed by atoms with van der Waals surface area (Å²) >= 11 is 1.59. The highest BCUT2D eigenvalue weighted by atomic mass is 32.2. The zero-order valence-electron chi connectivity index (χ0n) is 10.5. The molecule has 0 aliphatic heterocycles. The second-order valence-electron chi connectivity index (χ2n) is 3.74. The van der Waals surface area contributed by atoms with Crippen molar-refractivity contribution in [2.75, 3.05) is 11.2 Å². The quantitative estimate of drug-likeness (QED) is 0.429. The fraction of sp³-hybridized carbons (Fsp3) is 0.250. The van der Waals surface area contributed by atoms with E-state index in [1.807, 2.05) is 6.07 Å². The number of phenols is 1. The van der Waals surface area contributed by atoms with Crippen LogP contribution < -0.4 is 5.43 Å². The number of rotatable bonds is 6. The van der Waals surface area contributed by atoms with Gasteiger partial charge in [0, 0.05) is 11.3 Å². The topological polar surface area (TPSA) is 86.2 Å². The van der Waals surface area contributed by atoms with Gasteiger partial charge in [0.25, 0.3) is 0 Å². The number of aromatic nitrogens is 3.